The van der Waals surface area contributed by atoms with E-state index in [1.807, 2.05) is 24.3 Å². The van der Waals surface area contributed by atoms with Crippen LogP contribution in [-0.4, -0.2) is 42.3 Å². The van der Waals surface area contributed by atoms with E-state index in [2.05, 4.69) is 22.1 Å². The Kier molecular flexibility index (Phi) is 3.21. The van der Waals surface area contributed by atoms with Crippen molar-refractivity contribution in [2.24, 2.45) is 0 Å². The average molecular weight is 259 g/mol. The van der Waals surface area contributed by atoms with Gasteiger partial charge in [0.25, 0.3) is 5.89 Å². The number of ether oxygens (including phenoxy) is 1. The molecule has 1 atom stereocenters. The number of para-hydroxylation sites is 1. The molecule has 1 aromatic carbocycles. The Morgan fingerprint density at radius 2 is 2.16 bits per heavy atom. The van der Waals surface area contributed by atoms with Crippen LogP contribution in [0.15, 0.2) is 28.7 Å². The molecule has 2 heterocycles. The number of methoxy groups -OCH3 is 1. The first-order chi connectivity index (χ1) is 9.28. The van der Waals surface area contributed by atoms with E-state index in [4.69, 9.17) is 9.15 Å². The molecule has 1 aliphatic rings. The SMILES string of the molecule is COc1ccccc1-c1nnc([C@H]2CCN(C)C2)o1. The van der Waals surface area contributed by atoms with Gasteiger partial charge in [0.2, 0.25) is 5.89 Å². The number of hydrogen-bond acceptors (Lipinski definition) is 5. The van der Waals surface area contributed by atoms with Crippen LogP contribution >= 0.6 is 0 Å². The maximum absolute atomic E-state index is 5.82. The number of rotatable bonds is 3. The van der Waals surface area contributed by atoms with Crippen LogP contribution in [0.1, 0.15) is 18.2 Å². The van der Waals surface area contributed by atoms with Crippen molar-refractivity contribution < 1.29 is 9.15 Å². The van der Waals surface area contributed by atoms with Crippen LogP contribution < -0.4 is 4.74 Å². The molecule has 19 heavy (non-hydrogen) atoms. The molecule has 5 heteroatoms. The predicted octanol–water partition coefficient (Wildman–Crippen LogP) is 2.16. The Morgan fingerprint density at radius 3 is 2.89 bits per heavy atom. The van der Waals surface area contributed by atoms with E-state index in [9.17, 15) is 0 Å². The minimum absolute atomic E-state index is 0.348. The smallest absolute Gasteiger partial charge is 0.251 e. The maximum Gasteiger partial charge on any atom is 0.251 e. The Hall–Kier alpha value is -1.88. The molecule has 1 fully saturated rings. The molecule has 3 rings (SSSR count). The van der Waals surface area contributed by atoms with Gasteiger partial charge < -0.3 is 14.1 Å². The van der Waals surface area contributed by atoms with E-state index in [0.29, 0.717) is 11.8 Å². The highest BCUT2D eigenvalue weighted by Crippen LogP contribution is 2.31. The lowest BCUT2D eigenvalue weighted by molar-refractivity contribution is 0.392. The highest BCUT2D eigenvalue weighted by Gasteiger charge is 2.26. The number of likely N-dealkylation sites (tertiary alicyclic amines) is 1. The van der Waals surface area contributed by atoms with Gasteiger partial charge in [0.1, 0.15) is 5.75 Å². The molecular weight excluding hydrogens is 242 g/mol. The van der Waals surface area contributed by atoms with Gasteiger partial charge in [-0.3, -0.25) is 0 Å². The van der Waals surface area contributed by atoms with Crippen LogP contribution in [0.3, 0.4) is 0 Å². The van der Waals surface area contributed by atoms with Gasteiger partial charge in [-0.1, -0.05) is 12.1 Å². The second kappa shape index (κ2) is 5.01. The van der Waals surface area contributed by atoms with Crippen molar-refractivity contribution >= 4 is 0 Å². The fraction of sp³-hybridized carbons (Fsp3) is 0.429. The third-order valence-corrected chi connectivity index (χ3v) is 3.52. The number of likely N-dealkylation sites (N-methyl/N-ethyl adjacent to an activating group) is 1. The van der Waals surface area contributed by atoms with Gasteiger partial charge in [0.15, 0.2) is 0 Å². The van der Waals surface area contributed by atoms with Crippen molar-refractivity contribution in [2.75, 3.05) is 27.2 Å². The minimum atomic E-state index is 0.348. The fourth-order valence-electron chi connectivity index (χ4n) is 2.47. The van der Waals surface area contributed by atoms with Gasteiger partial charge in [0.05, 0.1) is 18.6 Å². The summed E-state index contributed by atoms with van der Waals surface area (Å²) in [6, 6.07) is 7.68. The molecule has 0 amide bonds. The standard InChI is InChI=1S/C14H17N3O2/c1-17-8-7-10(9-17)13-15-16-14(19-13)11-5-3-4-6-12(11)18-2/h3-6,10H,7-9H2,1-2H3/t10-/m0/s1. The quantitative estimate of drug-likeness (QED) is 0.845. The Labute approximate surface area is 112 Å². The number of aromatic nitrogens is 2. The summed E-state index contributed by atoms with van der Waals surface area (Å²) >= 11 is 0. The van der Waals surface area contributed by atoms with Crippen molar-refractivity contribution in [2.45, 2.75) is 12.3 Å². The summed E-state index contributed by atoms with van der Waals surface area (Å²) in [7, 11) is 3.75. The fourth-order valence-corrected chi connectivity index (χ4v) is 2.47. The monoisotopic (exact) mass is 259 g/mol. The molecule has 5 nitrogen and oxygen atoms in total. The lowest BCUT2D eigenvalue weighted by atomic mass is 10.1. The number of hydrogen-bond donors (Lipinski definition) is 0. The average Bonchev–Trinajstić information content (AvgIpc) is 3.07. The highest BCUT2D eigenvalue weighted by molar-refractivity contribution is 5.62. The molecule has 2 aromatic rings. The molecule has 0 N–H and O–H groups in total. The molecular formula is C14H17N3O2. The van der Waals surface area contributed by atoms with Crippen molar-refractivity contribution in [3.05, 3.63) is 30.2 Å². The topological polar surface area (TPSA) is 51.4 Å². The van der Waals surface area contributed by atoms with Crippen LogP contribution in [-0.2, 0) is 0 Å². The Balaban J connectivity index is 1.88. The van der Waals surface area contributed by atoms with E-state index in [1.54, 1.807) is 7.11 Å². The molecule has 0 unspecified atom stereocenters. The molecule has 1 saturated heterocycles. The van der Waals surface area contributed by atoms with E-state index >= 15 is 0 Å². The third kappa shape index (κ3) is 2.33. The summed E-state index contributed by atoms with van der Waals surface area (Å²) in [6.07, 6.45) is 1.07. The van der Waals surface area contributed by atoms with E-state index in [-0.39, 0.29) is 0 Å². The second-order valence-corrected chi connectivity index (χ2v) is 4.89. The van der Waals surface area contributed by atoms with Crippen molar-refractivity contribution in [3.63, 3.8) is 0 Å². The van der Waals surface area contributed by atoms with Gasteiger partial charge in [-0.05, 0) is 32.1 Å². The van der Waals surface area contributed by atoms with Crippen LogP contribution in [0.25, 0.3) is 11.5 Å². The predicted molar refractivity (Wildman–Crippen MR) is 71.1 cm³/mol. The summed E-state index contributed by atoms with van der Waals surface area (Å²) < 4.78 is 11.1. The van der Waals surface area contributed by atoms with Gasteiger partial charge in [-0.15, -0.1) is 10.2 Å². The molecule has 0 aliphatic carbocycles. The summed E-state index contributed by atoms with van der Waals surface area (Å²) in [5, 5.41) is 8.34. The molecule has 1 aromatic heterocycles. The molecule has 100 valence electrons. The van der Waals surface area contributed by atoms with E-state index < -0.39 is 0 Å². The third-order valence-electron chi connectivity index (χ3n) is 3.52. The van der Waals surface area contributed by atoms with E-state index in [1.165, 1.54) is 0 Å². The first-order valence-electron chi connectivity index (χ1n) is 6.43. The minimum Gasteiger partial charge on any atom is -0.496 e. The molecule has 0 radical (unpaired) electrons. The molecule has 0 saturated carbocycles. The zero-order chi connectivity index (χ0) is 13.2. The summed E-state index contributed by atoms with van der Waals surface area (Å²) in [5.41, 5.74) is 0.843. The van der Waals surface area contributed by atoms with Gasteiger partial charge in [-0.25, -0.2) is 0 Å². The summed E-state index contributed by atoms with van der Waals surface area (Å²) in [4.78, 5) is 2.28. The summed E-state index contributed by atoms with van der Waals surface area (Å²) in [5.74, 6) is 2.36. The first-order valence-corrected chi connectivity index (χ1v) is 6.43. The van der Waals surface area contributed by atoms with Gasteiger partial charge in [-0.2, -0.15) is 0 Å². The molecule has 0 spiro atoms. The lowest BCUT2D eigenvalue weighted by Gasteiger charge is -2.06. The van der Waals surface area contributed by atoms with Gasteiger partial charge >= 0.3 is 0 Å². The van der Waals surface area contributed by atoms with Crippen molar-refractivity contribution in [1.29, 1.82) is 0 Å². The van der Waals surface area contributed by atoms with Gasteiger partial charge in [0, 0.05) is 6.54 Å². The first kappa shape index (κ1) is 12.2. The normalized spacial score (nSPS) is 19.8. The Morgan fingerprint density at radius 1 is 1.32 bits per heavy atom. The lowest BCUT2D eigenvalue weighted by Crippen LogP contribution is -2.13. The number of nitrogens with zero attached hydrogens (tertiary/aromatic N) is 3. The second-order valence-electron chi connectivity index (χ2n) is 4.89. The number of benzene rings is 1. The zero-order valence-electron chi connectivity index (χ0n) is 11.2. The van der Waals surface area contributed by atoms with Crippen LogP contribution in [0.2, 0.25) is 0 Å². The zero-order valence-corrected chi connectivity index (χ0v) is 11.2. The van der Waals surface area contributed by atoms with Crippen molar-refractivity contribution in [3.8, 4) is 17.2 Å². The molecule has 0 bridgehead atoms. The van der Waals surface area contributed by atoms with Crippen LogP contribution in [0, 0.1) is 0 Å². The van der Waals surface area contributed by atoms with Crippen LogP contribution in [0.4, 0.5) is 0 Å². The highest BCUT2D eigenvalue weighted by atomic mass is 16.5. The molecule has 1 aliphatic heterocycles. The van der Waals surface area contributed by atoms with Crippen molar-refractivity contribution in [1.82, 2.24) is 15.1 Å². The summed E-state index contributed by atoms with van der Waals surface area (Å²) in [6.45, 7) is 2.06. The van der Waals surface area contributed by atoms with Crippen LogP contribution in [0.5, 0.6) is 5.75 Å². The Bertz CT molecular complexity index is 567. The maximum atomic E-state index is 5.82. The largest absolute Gasteiger partial charge is 0.496 e. The van der Waals surface area contributed by atoms with E-state index in [0.717, 1.165) is 36.7 Å².